The predicted molar refractivity (Wildman–Crippen MR) is 66.8 cm³/mol. The first-order chi connectivity index (χ1) is 9.51. The van der Waals surface area contributed by atoms with Gasteiger partial charge in [0, 0.05) is 12.3 Å². The van der Waals surface area contributed by atoms with Crippen molar-refractivity contribution in [3.05, 3.63) is 33.1 Å². The number of aromatic nitrogens is 2. The first-order valence-corrected chi connectivity index (χ1v) is 5.89. The van der Waals surface area contributed by atoms with Crippen LogP contribution in [0.3, 0.4) is 0 Å². The summed E-state index contributed by atoms with van der Waals surface area (Å²) >= 11 is 0. The van der Waals surface area contributed by atoms with E-state index in [0.29, 0.717) is 0 Å². The van der Waals surface area contributed by atoms with Gasteiger partial charge in [0.2, 0.25) is 0 Å². The summed E-state index contributed by atoms with van der Waals surface area (Å²) in [7, 11) is 0. The largest absolute Gasteiger partial charge is 0.394 e. The molecule has 0 unspecified atom stereocenters. The lowest BCUT2D eigenvalue weighted by Crippen LogP contribution is -2.42. The highest BCUT2D eigenvalue weighted by atomic mass is 16.6. The van der Waals surface area contributed by atoms with E-state index in [4.69, 9.17) is 16.3 Å². The number of terminal acetylenes is 1. The van der Waals surface area contributed by atoms with E-state index in [1.807, 2.05) is 0 Å². The molecule has 8 heteroatoms. The van der Waals surface area contributed by atoms with Crippen LogP contribution in [0.4, 0.5) is 0 Å². The fourth-order valence-electron chi connectivity index (χ4n) is 2.07. The predicted octanol–water partition coefficient (Wildman–Crippen LogP) is -2.75. The molecule has 4 atom stereocenters. The third-order valence-corrected chi connectivity index (χ3v) is 3.14. The SMILES string of the molecule is C#CCn1c(=O)ccn([C@@H]2O[C@H](CO)[C@@H](O)[C@H]2O)c1=O. The smallest absolute Gasteiger partial charge is 0.334 e. The summed E-state index contributed by atoms with van der Waals surface area (Å²) in [6, 6.07) is 1.10. The number of rotatable bonds is 3. The van der Waals surface area contributed by atoms with E-state index in [-0.39, 0.29) is 6.54 Å². The minimum absolute atomic E-state index is 0.215. The van der Waals surface area contributed by atoms with Crippen molar-refractivity contribution in [3.63, 3.8) is 0 Å². The molecule has 0 bridgehead atoms. The van der Waals surface area contributed by atoms with Crippen molar-refractivity contribution in [2.75, 3.05) is 6.61 Å². The molecule has 1 saturated heterocycles. The van der Waals surface area contributed by atoms with Gasteiger partial charge in [-0.1, -0.05) is 5.92 Å². The zero-order chi connectivity index (χ0) is 14.9. The Bertz CT molecular complexity index is 643. The second-order valence-electron chi connectivity index (χ2n) is 4.36. The molecule has 1 aromatic heterocycles. The van der Waals surface area contributed by atoms with Crippen LogP contribution in [0.1, 0.15) is 6.23 Å². The molecule has 0 radical (unpaired) electrons. The van der Waals surface area contributed by atoms with Gasteiger partial charge in [0.05, 0.1) is 13.2 Å². The average Bonchev–Trinajstić information content (AvgIpc) is 2.71. The third-order valence-electron chi connectivity index (χ3n) is 3.14. The van der Waals surface area contributed by atoms with Gasteiger partial charge in [0.25, 0.3) is 5.56 Å². The highest BCUT2D eigenvalue weighted by molar-refractivity contribution is 4.96. The molecule has 2 rings (SSSR count). The molecular weight excluding hydrogens is 268 g/mol. The summed E-state index contributed by atoms with van der Waals surface area (Å²) in [4.78, 5) is 23.6. The van der Waals surface area contributed by atoms with Crippen LogP contribution in [0, 0.1) is 12.3 Å². The number of aliphatic hydroxyl groups excluding tert-OH is 3. The Morgan fingerprint density at radius 1 is 1.35 bits per heavy atom. The van der Waals surface area contributed by atoms with Gasteiger partial charge in [-0.2, -0.15) is 0 Å². The number of hydrogen-bond acceptors (Lipinski definition) is 6. The quantitative estimate of drug-likeness (QED) is 0.518. The van der Waals surface area contributed by atoms with Gasteiger partial charge in [-0.25, -0.2) is 9.36 Å². The highest BCUT2D eigenvalue weighted by Crippen LogP contribution is 2.27. The summed E-state index contributed by atoms with van der Waals surface area (Å²) in [6.07, 6.45) is 1.30. The van der Waals surface area contributed by atoms with E-state index >= 15 is 0 Å². The van der Waals surface area contributed by atoms with Gasteiger partial charge in [0.1, 0.15) is 18.3 Å². The van der Waals surface area contributed by atoms with Crippen LogP contribution in [-0.2, 0) is 11.3 Å². The molecule has 8 nitrogen and oxygen atoms in total. The average molecular weight is 282 g/mol. The topological polar surface area (TPSA) is 114 Å². The van der Waals surface area contributed by atoms with Crippen molar-refractivity contribution in [2.45, 2.75) is 31.1 Å². The first-order valence-electron chi connectivity index (χ1n) is 5.89. The Kier molecular flexibility index (Phi) is 4.06. The lowest BCUT2D eigenvalue weighted by atomic mass is 10.1. The zero-order valence-corrected chi connectivity index (χ0v) is 10.4. The number of nitrogens with zero attached hydrogens (tertiary/aromatic N) is 2. The van der Waals surface area contributed by atoms with Gasteiger partial charge in [-0.15, -0.1) is 6.42 Å². The Labute approximate surface area is 113 Å². The van der Waals surface area contributed by atoms with E-state index in [2.05, 4.69) is 5.92 Å². The maximum atomic E-state index is 12.1. The van der Waals surface area contributed by atoms with Crippen molar-refractivity contribution < 1.29 is 20.1 Å². The summed E-state index contributed by atoms with van der Waals surface area (Å²) in [5.74, 6) is 2.18. The Morgan fingerprint density at radius 2 is 2.05 bits per heavy atom. The normalized spacial score (nSPS) is 29.3. The molecule has 1 aliphatic heterocycles. The van der Waals surface area contributed by atoms with Crippen molar-refractivity contribution in [1.82, 2.24) is 9.13 Å². The molecule has 0 aromatic carbocycles. The second-order valence-corrected chi connectivity index (χ2v) is 4.36. The summed E-state index contributed by atoms with van der Waals surface area (Å²) in [5.41, 5.74) is -1.33. The second kappa shape index (κ2) is 5.60. The number of hydrogen-bond donors (Lipinski definition) is 3. The van der Waals surface area contributed by atoms with Gasteiger partial charge in [0.15, 0.2) is 6.23 Å². The Balaban J connectivity index is 2.45. The molecule has 20 heavy (non-hydrogen) atoms. The summed E-state index contributed by atoms with van der Waals surface area (Å²) in [5, 5.41) is 28.5. The molecule has 0 aliphatic carbocycles. The van der Waals surface area contributed by atoms with Crippen LogP contribution >= 0.6 is 0 Å². The maximum Gasteiger partial charge on any atom is 0.334 e. The molecule has 1 aliphatic rings. The van der Waals surface area contributed by atoms with Crippen molar-refractivity contribution >= 4 is 0 Å². The molecule has 0 spiro atoms. The van der Waals surface area contributed by atoms with Crippen LogP contribution in [0.15, 0.2) is 21.9 Å². The van der Waals surface area contributed by atoms with Crippen LogP contribution < -0.4 is 11.2 Å². The fourth-order valence-corrected chi connectivity index (χ4v) is 2.07. The van der Waals surface area contributed by atoms with Crippen LogP contribution in [0.25, 0.3) is 0 Å². The zero-order valence-electron chi connectivity index (χ0n) is 10.4. The lowest BCUT2D eigenvalue weighted by molar-refractivity contribution is -0.0555. The number of ether oxygens (including phenoxy) is 1. The van der Waals surface area contributed by atoms with Crippen LogP contribution in [-0.4, -0.2) is 49.4 Å². The molecule has 2 heterocycles. The van der Waals surface area contributed by atoms with E-state index in [1.165, 1.54) is 0 Å². The van der Waals surface area contributed by atoms with Gasteiger partial charge in [-0.05, 0) is 0 Å². The van der Waals surface area contributed by atoms with E-state index in [9.17, 15) is 19.8 Å². The molecule has 1 aromatic rings. The summed E-state index contributed by atoms with van der Waals surface area (Å²) in [6.45, 7) is -0.721. The minimum atomic E-state index is -1.40. The van der Waals surface area contributed by atoms with Gasteiger partial charge >= 0.3 is 5.69 Å². The standard InChI is InChI=1S/C12H14N2O6/c1-2-4-13-8(16)3-5-14(12(13)19)11-10(18)9(17)7(6-15)20-11/h1,3,5,7,9-11,15,17-18H,4,6H2/t7-,9-,10-,11-/m1/s1. The number of aliphatic hydroxyl groups is 3. The molecule has 1 fully saturated rings. The van der Waals surface area contributed by atoms with Crippen molar-refractivity contribution in [3.8, 4) is 12.3 Å². The van der Waals surface area contributed by atoms with E-state index < -0.39 is 42.4 Å². The Morgan fingerprint density at radius 3 is 2.60 bits per heavy atom. The fraction of sp³-hybridized carbons (Fsp3) is 0.500. The van der Waals surface area contributed by atoms with Crippen LogP contribution in [0.5, 0.6) is 0 Å². The lowest BCUT2D eigenvalue weighted by Gasteiger charge is -2.18. The first kappa shape index (κ1) is 14.5. The van der Waals surface area contributed by atoms with E-state index in [1.54, 1.807) is 0 Å². The van der Waals surface area contributed by atoms with Crippen molar-refractivity contribution in [2.24, 2.45) is 0 Å². The Hall–Kier alpha value is -1.92. The minimum Gasteiger partial charge on any atom is -0.394 e. The molecule has 0 amide bonds. The highest BCUT2D eigenvalue weighted by Gasteiger charge is 2.43. The molecule has 0 saturated carbocycles. The van der Waals surface area contributed by atoms with Crippen LogP contribution in [0.2, 0.25) is 0 Å². The van der Waals surface area contributed by atoms with Crippen molar-refractivity contribution in [1.29, 1.82) is 0 Å². The monoisotopic (exact) mass is 282 g/mol. The van der Waals surface area contributed by atoms with Gasteiger partial charge < -0.3 is 20.1 Å². The maximum absolute atomic E-state index is 12.1. The molecule has 108 valence electrons. The van der Waals surface area contributed by atoms with E-state index in [0.717, 1.165) is 21.4 Å². The van der Waals surface area contributed by atoms with Gasteiger partial charge in [-0.3, -0.25) is 9.36 Å². The third kappa shape index (κ3) is 2.28. The molecule has 3 N–H and O–H groups in total. The molecular formula is C12H14N2O6. The summed E-state index contributed by atoms with van der Waals surface area (Å²) < 4.78 is 6.98.